The predicted molar refractivity (Wildman–Crippen MR) is 127 cm³/mol. The first-order valence-electron chi connectivity index (χ1n) is 11.0. The average Bonchev–Trinajstić information content (AvgIpc) is 3.04. The van der Waals surface area contributed by atoms with Gasteiger partial charge in [-0.3, -0.25) is 9.59 Å². The summed E-state index contributed by atoms with van der Waals surface area (Å²) in [5.74, 6) is 0.174. The second-order valence-corrected chi connectivity index (χ2v) is 9.49. The van der Waals surface area contributed by atoms with Gasteiger partial charge in [0.15, 0.2) is 0 Å². The van der Waals surface area contributed by atoms with Crippen LogP contribution in [0.2, 0.25) is 0 Å². The van der Waals surface area contributed by atoms with Gasteiger partial charge in [0, 0.05) is 26.2 Å². The van der Waals surface area contributed by atoms with Crippen LogP contribution in [0.5, 0.6) is 5.75 Å². The standard InChI is InChI=1S/C26H31N3O3/c1-26(2,3)19-8-10-20(11-9-19)29-24(30)22(18-6-12-21(32-5)13-7-18)23(25(29)31)28-16-14-27(4)15-17-28/h6-13H,14-17H2,1-5H3. The molecule has 6 nitrogen and oxygen atoms in total. The molecule has 0 aromatic heterocycles. The lowest BCUT2D eigenvalue weighted by atomic mass is 9.87. The van der Waals surface area contributed by atoms with Crippen molar-refractivity contribution in [2.45, 2.75) is 26.2 Å². The first-order valence-corrected chi connectivity index (χ1v) is 11.0. The molecule has 4 rings (SSSR count). The number of benzene rings is 2. The first kappa shape index (κ1) is 22.1. The molecular weight excluding hydrogens is 402 g/mol. The summed E-state index contributed by atoms with van der Waals surface area (Å²) in [6.07, 6.45) is 0. The topological polar surface area (TPSA) is 53.1 Å². The molecule has 2 aromatic rings. The molecule has 168 valence electrons. The van der Waals surface area contributed by atoms with Gasteiger partial charge in [-0.15, -0.1) is 0 Å². The van der Waals surface area contributed by atoms with E-state index in [0.717, 1.165) is 24.2 Å². The van der Waals surface area contributed by atoms with Crippen molar-refractivity contribution in [3.63, 3.8) is 0 Å². The van der Waals surface area contributed by atoms with Crippen molar-refractivity contribution in [1.82, 2.24) is 9.80 Å². The Bertz CT molecular complexity index is 1040. The quantitative estimate of drug-likeness (QED) is 0.691. The molecule has 2 aromatic carbocycles. The lowest BCUT2D eigenvalue weighted by molar-refractivity contribution is -0.120. The zero-order chi connectivity index (χ0) is 23.0. The fourth-order valence-corrected chi connectivity index (χ4v) is 4.20. The Balaban J connectivity index is 1.75. The maximum atomic E-state index is 13.7. The summed E-state index contributed by atoms with van der Waals surface area (Å²) in [7, 11) is 3.68. The number of carbonyl (C=O) groups is 2. The van der Waals surface area contributed by atoms with Gasteiger partial charge in [0.25, 0.3) is 11.8 Å². The molecule has 2 aliphatic heterocycles. The molecule has 2 aliphatic rings. The van der Waals surface area contributed by atoms with Crippen LogP contribution in [-0.4, -0.2) is 62.0 Å². The average molecular weight is 434 g/mol. The highest BCUT2D eigenvalue weighted by Gasteiger charge is 2.43. The third-order valence-corrected chi connectivity index (χ3v) is 6.25. The van der Waals surface area contributed by atoms with E-state index in [4.69, 9.17) is 4.74 Å². The number of piperazine rings is 1. The number of ether oxygens (including phenoxy) is 1. The van der Waals surface area contributed by atoms with Gasteiger partial charge >= 0.3 is 0 Å². The van der Waals surface area contributed by atoms with Crippen LogP contribution in [0.3, 0.4) is 0 Å². The minimum Gasteiger partial charge on any atom is -0.497 e. The summed E-state index contributed by atoms with van der Waals surface area (Å²) in [4.78, 5) is 32.9. The number of anilines is 1. The van der Waals surface area contributed by atoms with Gasteiger partial charge in [0.1, 0.15) is 11.4 Å². The van der Waals surface area contributed by atoms with Crippen LogP contribution in [-0.2, 0) is 15.0 Å². The number of hydrogen-bond donors (Lipinski definition) is 0. The number of amides is 2. The summed E-state index contributed by atoms with van der Waals surface area (Å²) >= 11 is 0. The van der Waals surface area contributed by atoms with Crippen LogP contribution < -0.4 is 9.64 Å². The third kappa shape index (κ3) is 4.02. The maximum absolute atomic E-state index is 13.7. The molecule has 1 fully saturated rings. The second-order valence-electron chi connectivity index (χ2n) is 9.49. The number of hydrogen-bond acceptors (Lipinski definition) is 5. The maximum Gasteiger partial charge on any atom is 0.282 e. The number of nitrogens with zero attached hydrogens (tertiary/aromatic N) is 3. The molecule has 0 aliphatic carbocycles. The highest BCUT2D eigenvalue weighted by atomic mass is 16.5. The number of methoxy groups -OCH3 is 1. The minimum atomic E-state index is -0.280. The van der Waals surface area contributed by atoms with Crippen molar-refractivity contribution in [3.8, 4) is 5.75 Å². The molecule has 0 spiro atoms. The second kappa shape index (κ2) is 8.43. The molecule has 0 N–H and O–H groups in total. The minimum absolute atomic E-state index is 0.00491. The molecule has 0 saturated carbocycles. The molecule has 2 heterocycles. The largest absolute Gasteiger partial charge is 0.497 e. The summed E-state index contributed by atoms with van der Waals surface area (Å²) < 4.78 is 5.27. The van der Waals surface area contributed by atoms with Crippen molar-refractivity contribution < 1.29 is 14.3 Å². The van der Waals surface area contributed by atoms with Crippen molar-refractivity contribution in [1.29, 1.82) is 0 Å². The van der Waals surface area contributed by atoms with E-state index in [1.165, 1.54) is 4.90 Å². The van der Waals surface area contributed by atoms with Crippen LogP contribution in [0.1, 0.15) is 31.9 Å². The fourth-order valence-electron chi connectivity index (χ4n) is 4.20. The van der Waals surface area contributed by atoms with Crippen molar-refractivity contribution in [3.05, 3.63) is 65.4 Å². The third-order valence-electron chi connectivity index (χ3n) is 6.25. The highest BCUT2D eigenvalue weighted by Crippen LogP contribution is 2.36. The predicted octanol–water partition coefficient (Wildman–Crippen LogP) is 3.52. The molecule has 0 unspecified atom stereocenters. The van der Waals surface area contributed by atoms with E-state index < -0.39 is 0 Å². The van der Waals surface area contributed by atoms with Gasteiger partial charge in [-0.25, -0.2) is 4.90 Å². The lowest BCUT2D eigenvalue weighted by Crippen LogP contribution is -2.46. The first-order chi connectivity index (χ1) is 15.2. The number of carbonyl (C=O) groups excluding carboxylic acids is 2. The Kier molecular flexibility index (Phi) is 5.82. The molecule has 0 bridgehead atoms. The van der Waals surface area contributed by atoms with Crippen molar-refractivity contribution in [2.24, 2.45) is 0 Å². The summed E-state index contributed by atoms with van der Waals surface area (Å²) in [6, 6.07) is 15.1. The van der Waals surface area contributed by atoms with Crippen LogP contribution in [0.15, 0.2) is 54.2 Å². The Morgan fingerprint density at radius 1 is 0.812 bits per heavy atom. The zero-order valence-corrected chi connectivity index (χ0v) is 19.5. The van der Waals surface area contributed by atoms with Gasteiger partial charge in [-0.2, -0.15) is 0 Å². The summed E-state index contributed by atoms with van der Waals surface area (Å²) in [5.41, 5.74) is 3.43. The molecular formula is C26H31N3O3. The van der Waals surface area contributed by atoms with Crippen LogP contribution in [0, 0.1) is 0 Å². The summed E-state index contributed by atoms with van der Waals surface area (Å²) in [6.45, 7) is 9.54. The normalized spacial score (nSPS) is 18.0. The van der Waals surface area contributed by atoms with Gasteiger partial charge in [-0.1, -0.05) is 45.0 Å². The molecule has 32 heavy (non-hydrogen) atoms. The smallest absolute Gasteiger partial charge is 0.282 e. The molecule has 6 heteroatoms. The number of imide groups is 1. The van der Waals surface area contributed by atoms with E-state index in [1.54, 1.807) is 7.11 Å². The molecule has 1 saturated heterocycles. The van der Waals surface area contributed by atoms with Gasteiger partial charge < -0.3 is 14.5 Å². The van der Waals surface area contributed by atoms with E-state index >= 15 is 0 Å². The SMILES string of the molecule is COc1ccc(C2=C(N3CCN(C)CC3)C(=O)N(c3ccc(C(C)(C)C)cc3)C2=O)cc1. The molecule has 0 atom stereocenters. The van der Waals surface area contributed by atoms with Crippen LogP contribution in [0.25, 0.3) is 5.57 Å². The Morgan fingerprint density at radius 3 is 1.94 bits per heavy atom. The van der Waals surface area contributed by atoms with E-state index in [1.807, 2.05) is 48.5 Å². The molecule has 0 radical (unpaired) electrons. The Hall–Kier alpha value is -3.12. The fraction of sp³-hybridized carbons (Fsp3) is 0.385. The van der Waals surface area contributed by atoms with Gasteiger partial charge in [0.2, 0.25) is 0 Å². The van der Waals surface area contributed by atoms with Gasteiger partial charge in [0.05, 0.1) is 18.4 Å². The van der Waals surface area contributed by atoms with E-state index in [9.17, 15) is 9.59 Å². The van der Waals surface area contributed by atoms with Gasteiger partial charge in [-0.05, 0) is 47.9 Å². The monoisotopic (exact) mass is 433 g/mol. The Labute approximate surface area is 190 Å². The molecule has 2 amide bonds. The van der Waals surface area contributed by atoms with E-state index in [-0.39, 0.29) is 17.2 Å². The zero-order valence-electron chi connectivity index (χ0n) is 19.5. The van der Waals surface area contributed by atoms with E-state index in [0.29, 0.717) is 35.8 Å². The van der Waals surface area contributed by atoms with E-state index in [2.05, 4.69) is 37.6 Å². The number of likely N-dealkylation sites (N-methyl/N-ethyl adjacent to an activating group) is 1. The van der Waals surface area contributed by atoms with Crippen LogP contribution >= 0.6 is 0 Å². The van der Waals surface area contributed by atoms with Crippen LogP contribution in [0.4, 0.5) is 5.69 Å². The highest BCUT2D eigenvalue weighted by molar-refractivity contribution is 6.45. The number of rotatable bonds is 4. The van der Waals surface area contributed by atoms with Crippen molar-refractivity contribution in [2.75, 3.05) is 45.2 Å². The lowest BCUT2D eigenvalue weighted by Gasteiger charge is -2.34. The summed E-state index contributed by atoms with van der Waals surface area (Å²) in [5, 5.41) is 0. The van der Waals surface area contributed by atoms with Crippen molar-refractivity contribution >= 4 is 23.1 Å². The Morgan fingerprint density at radius 2 is 1.41 bits per heavy atom.